The van der Waals surface area contributed by atoms with E-state index >= 15 is 0 Å². The normalized spacial score (nSPS) is 14.6. The Hall–Kier alpha value is -0.750. The molecule has 0 bridgehead atoms. The molecule has 1 rings (SSSR count). The Labute approximate surface area is 111 Å². The number of benzene rings is 1. The van der Waals surface area contributed by atoms with Gasteiger partial charge < -0.3 is 9.79 Å². The molecule has 19 heavy (non-hydrogen) atoms. The van der Waals surface area contributed by atoms with Crippen LogP contribution in [0.2, 0.25) is 0 Å². The van der Waals surface area contributed by atoms with Crippen molar-refractivity contribution in [2.75, 3.05) is 5.75 Å². The average Bonchev–Trinajstić information content (AvgIpc) is 2.23. The molecule has 0 aliphatic carbocycles. The molecule has 1 aromatic carbocycles. The van der Waals surface area contributed by atoms with E-state index in [-0.39, 0.29) is 11.2 Å². The molecule has 0 fully saturated rings. The largest absolute Gasteiger partial charge is 0.356 e. The topological polar surface area (TPSA) is 91.7 Å². The third-order valence-electron chi connectivity index (χ3n) is 2.84. The molecule has 0 aliphatic rings. The van der Waals surface area contributed by atoms with Crippen LogP contribution in [0.15, 0.2) is 24.3 Å². The van der Waals surface area contributed by atoms with Crippen molar-refractivity contribution in [1.82, 2.24) is 0 Å². The Morgan fingerprint density at radius 1 is 1.21 bits per heavy atom. The average molecular weight is 310 g/mol. The highest BCUT2D eigenvalue weighted by atomic mass is 32.3. The van der Waals surface area contributed by atoms with Crippen molar-refractivity contribution in [2.24, 2.45) is 5.92 Å². The highest BCUT2D eigenvalue weighted by Gasteiger charge is 2.24. The zero-order valence-electron chi connectivity index (χ0n) is 10.5. The van der Waals surface area contributed by atoms with E-state index < -0.39 is 29.5 Å². The SMILES string of the molecule is CC(C)C(CS(=O)(=O)F)c1ccc(P(=O)(O)O)cc1. The predicted molar refractivity (Wildman–Crippen MR) is 70.6 cm³/mol. The molecule has 0 heterocycles. The van der Waals surface area contributed by atoms with Crippen molar-refractivity contribution >= 4 is 23.1 Å². The molecule has 0 aromatic heterocycles. The van der Waals surface area contributed by atoms with E-state index in [2.05, 4.69) is 0 Å². The molecule has 1 atom stereocenters. The third-order valence-corrected chi connectivity index (χ3v) is 4.57. The monoisotopic (exact) mass is 310 g/mol. The molecule has 0 radical (unpaired) electrons. The van der Waals surface area contributed by atoms with Crippen molar-refractivity contribution in [3.63, 3.8) is 0 Å². The second-order valence-electron chi connectivity index (χ2n) is 4.69. The first-order valence-corrected chi connectivity index (χ1v) is 8.75. The summed E-state index contributed by atoms with van der Waals surface area (Å²) in [6.07, 6.45) is 0. The summed E-state index contributed by atoms with van der Waals surface area (Å²) in [5.41, 5.74) is 0.536. The third kappa shape index (κ3) is 5.03. The molecule has 1 unspecified atom stereocenters. The Morgan fingerprint density at radius 2 is 1.68 bits per heavy atom. The summed E-state index contributed by atoms with van der Waals surface area (Å²) in [6, 6.07) is 5.31. The van der Waals surface area contributed by atoms with Crippen molar-refractivity contribution in [1.29, 1.82) is 0 Å². The van der Waals surface area contributed by atoms with Gasteiger partial charge in [-0.15, -0.1) is 3.89 Å². The van der Waals surface area contributed by atoms with E-state index in [1.54, 1.807) is 13.8 Å². The molecule has 0 aliphatic heterocycles. The zero-order valence-corrected chi connectivity index (χ0v) is 12.2. The molecule has 2 N–H and O–H groups in total. The lowest BCUT2D eigenvalue weighted by Gasteiger charge is -2.19. The fraction of sp³-hybridized carbons (Fsp3) is 0.455. The number of hydrogen-bond donors (Lipinski definition) is 2. The predicted octanol–water partition coefficient (Wildman–Crippen LogP) is 1.53. The molecule has 8 heteroatoms. The number of hydrogen-bond acceptors (Lipinski definition) is 3. The summed E-state index contributed by atoms with van der Waals surface area (Å²) in [5.74, 6) is -1.31. The van der Waals surface area contributed by atoms with Gasteiger partial charge in [-0.3, -0.25) is 4.57 Å². The van der Waals surface area contributed by atoms with Gasteiger partial charge in [0.2, 0.25) is 0 Å². The minimum Gasteiger partial charge on any atom is -0.321 e. The fourth-order valence-corrected chi connectivity index (χ4v) is 3.35. The first-order chi connectivity index (χ1) is 8.50. The highest BCUT2D eigenvalue weighted by molar-refractivity contribution is 7.86. The highest BCUT2D eigenvalue weighted by Crippen LogP contribution is 2.34. The maximum absolute atomic E-state index is 12.8. The summed E-state index contributed by atoms with van der Waals surface area (Å²) in [7, 11) is -8.93. The van der Waals surface area contributed by atoms with Crippen molar-refractivity contribution < 1.29 is 26.7 Å². The quantitative estimate of drug-likeness (QED) is 0.635. The maximum atomic E-state index is 12.8. The maximum Gasteiger partial charge on any atom is 0.356 e. The second kappa shape index (κ2) is 5.71. The lowest BCUT2D eigenvalue weighted by Crippen LogP contribution is -2.17. The van der Waals surface area contributed by atoms with Gasteiger partial charge in [-0.25, -0.2) is 0 Å². The van der Waals surface area contributed by atoms with Gasteiger partial charge in [0.1, 0.15) is 0 Å². The van der Waals surface area contributed by atoms with Gasteiger partial charge in [-0.1, -0.05) is 26.0 Å². The standard InChI is InChI=1S/C11H16FO5PS/c1-8(2)11(7-19(12,16)17)9-3-5-10(6-4-9)18(13,14)15/h3-6,8,11H,7H2,1-2H3,(H2,13,14,15). The smallest absolute Gasteiger partial charge is 0.321 e. The van der Waals surface area contributed by atoms with Crippen LogP contribution in [-0.4, -0.2) is 24.0 Å². The van der Waals surface area contributed by atoms with Crippen LogP contribution < -0.4 is 5.30 Å². The van der Waals surface area contributed by atoms with Crippen LogP contribution in [0.25, 0.3) is 0 Å². The lowest BCUT2D eigenvalue weighted by atomic mass is 9.90. The number of halogens is 1. The fourth-order valence-electron chi connectivity index (χ4n) is 1.80. The van der Waals surface area contributed by atoms with Crippen molar-refractivity contribution in [3.05, 3.63) is 29.8 Å². The van der Waals surface area contributed by atoms with Gasteiger partial charge >= 0.3 is 17.8 Å². The van der Waals surface area contributed by atoms with Gasteiger partial charge in [0, 0.05) is 5.92 Å². The van der Waals surface area contributed by atoms with Crippen LogP contribution in [0.4, 0.5) is 3.89 Å². The van der Waals surface area contributed by atoms with Gasteiger partial charge in [0.25, 0.3) is 0 Å². The van der Waals surface area contributed by atoms with Gasteiger partial charge in [-0.05, 0) is 23.6 Å². The van der Waals surface area contributed by atoms with Gasteiger partial charge in [0.15, 0.2) is 0 Å². The van der Waals surface area contributed by atoms with E-state index in [1.165, 1.54) is 24.3 Å². The van der Waals surface area contributed by atoms with Crippen molar-refractivity contribution in [2.45, 2.75) is 19.8 Å². The number of rotatable bonds is 5. The molecule has 0 saturated heterocycles. The van der Waals surface area contributed by atoms with Crippen molar-refractivity contribution in [3.8, 4) is 0 Å². The summed E-state index contributed by atoms with van der Waals surface area (Å²) >= 11 is 0. The molecule has 0 amide bonds. The van der Waals surface area contributed by atoms with E-state index in [0.717, 1.165) is 0 Å². The summed E-state index contributed by atoms with van der Waals surface area (Å²) < 4.78 is 45.3. The van der Waals surface area contributed by atoms with Gasteiger partial charge in [0.05, 0.1) is 11.1 Å². The van der Waals surface area contributed by atoms with E-state index in [0.29, 0.717) is 5.56 Å². The van der Waals surface area contributed by atoms with E-state index in [9.17, 15) is 16.9 Å². The molecule has 0 spiro atoms. The van der Waals surface area contributed by atoms with Crippen LogP contribution in [0.1, 0.15) is 25.3 Å². The zero-order chi connectivity index (χ0) is 14.8. The van der Waals surface area contributed by atoms with Gasteiger partial charge in [-0.2, -0.15) is 8.42 Å². The summed E-state index contributed by atoms with van der Waals surface area (Å²) in [5, 5.41) is -0.151. The van der Waals surface area contributed by atoms with Crippen LogP contribution in [0, 0.1) is 5.92 Å². The first-order valence-electron chi connectivity index (χ1n) is 5.59. The minimum absolute atomic E-state index is 0.119. The summed E-state index contributed by atoms with van der Waals surface area (Å²) in [6.45, 7) is 3.51. The Morgan fingerprint density at radius 3 is 2.00 bits per heavy atom. The molecule has 5 nitrogen and oxygen atoms in total. The summed E-state index contributed by atoms with van der Waals surface area (Å²) in [4.78, 5) is 17.9. The molecular formula is C11H16FO5PS. The minimum atomic E-state index is -4.61. The Kier molecular flexibility index (Phi) is 4.90. The van der Waals surface area contributed by atoms with E-state index in [4.69, 9.17) is 9.79 Å². The second-order valence-corrected chi connectivity index (χ2v) is 7.71. The molecule has 0 saturated carbocycles. The van der Waals surface area contributed by atoms with Crippen LogP contribution in [0.5, 0.6) is 0 Å². The molecule has 1 aromatic rings. The van der Waals surface area contributed by atoms with Crippen LogP contribution in [-0.2, 0) is 14.8 Å². The van der Waals surface area contributed by atoms with Crippen LogP contribution >= 0.6 is 7.60 Å². The molecule has 108 valence electrons. The van der Waals surface area contributed by atoms with Crippen LogP contribution in [0.3, 0.4) is 0 Å². The van der Waals surface area contributed by atoms with E-state index in [1.807, 2.05) is 0 Å². The Bertz CT molecular complexity index is 576. The lowest BCUT2D eigenvalue weighted by molar-refractivity contribution is 0.387. The molecular weight excluding hydrogens is 294 g/mol. The first kappa shape index (κ1) is 16.3. The Balaban J connectivity index is 3.09.